The van der Waals surface area contributed by atoms with E-state index in [9.17, 15) is 4.79 Å². The van der Waals surface area contributed by atoms with Crippen molar-refractivity contribution in [3.05, 3.63) is 35.9 Å². The summed E-state index contributed by atoms with van der Waals surface area (Å²) >= 11 is 0. The molecule has 0 saturated carbocycles. The summed E-state index contributed by atoms with van der Waals surface area (Å²) in [6.45, 7) is 7.00. The summed E-state index contributed by atoms with van der Waals surface area (Å²) in [5, 5.41) is 0. The van der Waals surface area contributed by atoms with Crippen molar-refractivity contribution in [2.45, 2.75) is 45.1 Å². The Kier molecular flexibility index (Phi) is 4.85. The predicted octanol–water partition coefficient (Wildman–Crippen LogP) is 2.15. The molecular formula is C16H24N2O3. The largest absolute Gasteiger partial charge is 0.444 e. The SMILES string of the molecule is CC(C)(C)OC(=O)N1C[C@H](OCc2ccccc2)[C@@H](N)C1. The molecule has 1 aromatic carbocycles. The van der Waals surface area contributed by atoms with Crippen LogP contribution in [0.5, 0.6) is 0 Å². The second-order valence-corrected chi connectivity index (χ2v) is 6.38. The van der Waals surface area contributed by atoms with E-state index in [0.717, 1.165) is 5.56 Å². The summed E-state index contributed by atoms with van der Waals surface area (Å²) in [6, 6.07) is 9.74. The first-order valence-corrected chi connectivity index (χ1v) is 7.24. The number of carbonyl (C=O) groups is 1. The first kappa shape index (κ1) is 15.8. The lowest BCUT2D eigenvalue weighted by atomic mass is 10.2. The number of nitrogens with two attached hydrogens (primary N) is 1. The zero-order valence-corrected chi connectivity index (χ0v) is 12.9. The second-order valence-electron chi connectivity index (χ2n) is 6.38. The minimum absolute atomic E-state index is 0.155. The number of hydrogen-bond donors (Lipinski definition) is 1. The van der Waals surface area contributed by atoms with Gasteiger partial charge in [-0.25, -0.2) is 4.79 Å². The number of carbonyl (C=O) groups excluding carboxylic acids is 1. The molecule has 21 heavy (non-hydrogen) atoms. The van der Waals surface area contributed by atoms with E-state index >= 15 is 0 Å². The van der Waals surface area contributed by atoms with Crippen LogP contribution < -0.4 is 5.73 Å². The maximum Gasteiger partial charge on any atom is 0.410 e. The molecule has 1 amide bonds. The van der Waals surface area contributed by atoms with Crippen molar-refractivity contribution in [3.63, 3.8) is 0 Å². The third-order valence-electron chi connectivity index (χ3n) is 3.27. The summed E-state index contributed by atoms with van der Waals surface area (Å²) < 4.78 is 11.2. The van der Waals surface area contributed by atoms with Crippen LogP contribution in [0.3, 0.4) is 0 Å². The highest BCUT2D eigenvalue weighted by Gasteiger charge is 2.35. The van der Waals surface area contributed by atoms with E-state index in [0.29, 0.717) is 19.7 Å². The van der Waals surface area contributed by atoms with E-state index in [1.807, 2.05) is 51.1 Å². The molecule has 0 aliphatic carbocycles. The monoisotopic (exact) mass is 292 g/mol. The van der Waals surface area contributed by atoms with E-state index < -0.39 is 5.60 Å². The first-order chi connectivity index (χ1) is 9.85. The molecule has 0 unspecified atom stereocenters. The Morgan fingerprint density at radius 1 is 1.29 bits per heavy atom. The highest BCUT2D eigenvalue weighted by Crippen LogP contribution is 2.17. The molecule has 0 aromatic heterocycles. The molecule has 1 fully saturated rings. The van der Waals surface area contributed by atoms with Crippen LogP contribution in [0.2, 0.25) is 0 Å². The number of amides is 1. The molecule has 1 aromatic rings. The van der Waals surface area contributed by atoms with E-state index in [1.54, 1.807) is 4.90 Å². The van der Waals surface area contributed by atoms with Gasteiger partial charge in [-0.15, -0.1) is 0 Å². The van der Waals surface area contributed by atoms with Crippen molar-refractivity contribution in [2.24, 2.45) is 5.73 Å². The summed E-state index contributed by atoms with van der Waals surface area (Å²) in [5.41, 5.74) is 6.66. The van der Waals surface area contributed by atoms with E-state index in [-0.39, 0.29) is 18.2 Å². The van der Waals surface area contributed by atoms with Crippen molar-refractivity contribution >= 4 is 6.09 Å². The quantitative estimate of drug-likeness (QED) is 0.927. The summed E-state index contributed by atoms with van der Waals surface area (Å²) in [6.07, 6.45) is -0.485. The van der Waals surface area contributed by atoms with E-state index in [4.69, 9.17) is 15.2 Å². The lowest BCUT2D eigenvalue weighted by molar-refractivity contribution is 0.0172. The van der Waals surface area contributed by atoms with Gasteiger partial charge in [0, 0.05) is 6.54 Å². The maximum absolute atomic E-state index is 12.0. The van der Waals surface area contributed by atoms with Crippen LogP contribution in [-0.2, 0) is 16.1 Å². The van der Waals surface area contributed by atoms with Crippen LogP contribution in [0.1, 0.15) is 26.3 Å². The van der Waals surface area contributed by atoms with Crippen molar-refractivity contribution in [2.75, 3.05) is 13.1 Å². The molecule has 0 spiro atoms. The van der Waals surface area contributed by atoms with Gasteiger partial charge >= 0.3 is 6.09 Å². The van der Waals surface area contributed by atoms with Gasteiger partial charge in [0.05, 0.1) is 25.3 Å². The molecule has 116 valence electrons. The fraction of sp³-hybridized carbons (Fsp3) is 0.562. The smallest absolute Gasteiger partial charge is 0.410 e. The zero-order valence-electron chi connectivity index (χ0n) is 12.9. The van der Waals surface area contributed by atoms with Crippen LogP contribution >= 0.6 is 0 Å². The Labute approximate surface area is 126 Å². The zero-order chi connectivity index (χ0) is 15.5. The molecule has 1 aliphatic rings. The third-order valence-corrected chi connectivity index (χ3v) is 3.27. The summed E-state index contributed by atoms with van der Waals surface area (Å²) in [7, 11) is 0. The molecule has 5 heteroatoms. The first-order valence-electron chi connectivity index (χ1n) is 7.24. The Morgan fingerprint density at radius 3 is 2.57 bits per heavy atom. The van der Waals surface area contributed by atoms with Crippen molar-refractivity contribution in [1.82, 2.24) is 4.90 Å². The molecule has 1 saturated heterocycles. The van der Waals surface area contributed by atoms with Gasteiger partial charge in [-0.3, -0.25) is 0 Å². The maximum atomic E-state index is 12.0. The molecule has 2 N–H and O–H groups in total. The Morgan fingerprint density at radius 2 is 1.95 bits per heavy atom. The standard InChI is InChI=1S/C16H24N2O3/c1-16(2,3)21-15(19)18-9-13(17)14(10-18)20-11-12-7-5-4-6-8-12/h4-8,13-14H,9-11,17H2,1-3H3/t13-,14-/m0/s1. The fourth-order valence-corrected chi connectivity index (χ4v) is 2.23. The molecule has 2 rings (SSSR count). The van der Waals surface area contributed by atoms with Gasteiger partial charge in [0.1, 0.15) is 5.60 Å². The Bertz CT molecular complexity index is 470. The molecule has 1 aliphatic heterocycles. The average Bonchev–Trinajstić information content (AvgIpc) is 2.77. The van der Waals surface area contributed by atoms with Gasteiger partial charge in [-0.05, 0) is 26.3 Å². The Balaban J connectivity index is 1.85. The number of hydrogen-bond acceptors (Lipinski definition) is 4. The topological polar surface area (TPSA) is 64.8 Å². The van der Waals surface area contributed by atoms with Crippen molar-refractivity contribution in [3.8, 4) is 0 Å². The van der Waals surface area contributed by atoms with Gasteiger partial charge in [0.25, 0.3) is 0 Å². The summed E-state index contributed by atoms with van der Waals surface area (Å²) in [5.74, 6) is 0. The molecule has 5 nitrogen and oxygen atoms in total. The molecule has 0 bridgehead atoms. The molecule has 2 atom stereocenters. The van der Waals surface area contributed by atoms with Crippen molar-refractivity contribution in [1.29, 1.82) is 0 Å². The van der Waals surface area contributed by atoms with Gasteiger partial charge in [0.15, 0.2) is 0 Å². The van der Waals surface area contributed by atoms with E-state index in [1.165, 1.54) is 0 Å². The number of likely N-dealkylation sites (tertiary alicyclic amines) is 1. The summed E-state index contributed by atoms with van der Waals surface area (Å²) in [4.78, 5) is 13.6. The van der Waals surface area contributed by atoms with Crippen LogP contribution in [0, 0.1) is 0 Å². The van der Waals surface area contributed by atoms with Gasteiger partial charge in [0.2, 0.25) is 0 Å². The van der Waals surface area contributed by atoms with Crippen molar-refractivity contribution < 1.29 is 14.3 Å². The normalized spacial score (nSPS) is 22.4. The Hall–Kier alpha value is -1.59. The second kappa shape index (κ2) is 6.45. The minimum atomic E-state index is -0.496. The van der Waals surface area contributed by atoms with Gasteiger partial charge < -0.3 is 20.1 Å². The minimum Gasteiger partial charge on any atom is -0.444 e. The van der Waals surface area contributed by atoms with E-state index in [2.05, 4.69) is 0 Å². The lowest BCUT2D eigenvalue weighted by Gasteiger charge is -2.24. The lowest BCUT2D eigenvalue weighted by Crippen LogP contribution is -2.36. The highest BCUT2D eigenvalue weighted by atomic mass is 16.6. The van der Waals surface area contributed by atoms with Crippen LogP contribution in [0.25, 0.3) is 0 Å². The van der Waals surface area contributed by atoms with Gasteiger partial charge in [-0.1, -0.05) is 30.3 Å². The average molecular weight is 292 g/mol. The van der Waals surface area contributed by atoms with Crippen LogP contribution in [0.15, 0.2) is 30.3 Å². The number of benzene rings is 1. The predicted molar refractivity (Wildman–Crippen MR) is 80.8 cm³/mol. The third kappa shape index (κ3) is 4.72. The van der Waals surface area contributed by atoms with Gasteiger partial charge in [-0.2, -0.15) is 0 Å². The number of rotatable bonds is 3. The fourth-order valence-electron chi connectivity index (χ4n) is 2.23. The molecular weight excluding hydrogens is 268 g/mol. The number of nitrogens with zero attached hydrogens (tertiary/aromatic N) is 1. The molecule has 0 radical (unpaired) electrons. The van der Waals surface area contributed by atoms with Crippen LogP contribution in [-0.4, -0.2) is 41.8 Å². The molecule has 1 heterocycles. The number of ether oxygens (including phenoxy) is 2. The van der Waals surface area contributed by atoms with Crippen LogP contribution in [0.4, 0.5) is 4.79 Å². The highest BCUT2D eigenvalue weighted by molar-refractivity contribution is 5.68.